The molecule has 0 bridgehead atoms. The zero-order valence-corrected chi connectivity index (χ0v) is 17.3. The Bertz CT molecular complexity index is 991. The van der Waals surface area contributed by atoms with Crippen LogP contribution in [0.25, 0.3) is 11.1 Å². The van der Waals surface area contributed by atoms with Gasteiger partial charge in [-0.05, 0) is 43.4 Å². The lowest BCUT2D eigenvalue weighted by Gasteiger charge is -2.24. The molecule has 1 aromatic carbocycles. The summed E-state index contributed by atoms with van der Waals surface area (Å²) in [5, 5.41) is 14.4. The maximum atomic E-state index is 12.8. The highest BCUT2D eigenvalue weighted by Crippen LogP contribution is 2.38. The minimum Gasteiger partial charge on any atom is -0.481 e. The summed E-state index contributed by atoms with van der Waals surface area (Å²) in [6, 6.07) is 5.89. The highest BCUT2D eigenvalue weighted by Gasteiger charge is 2.35. The van der Waals surface area contributed by atoms with E-state index < -0.39 is 29.7 Å². The molecule has 3 rings (SSSR count). The van der Waals surface area contributed by atoms with Gasteiger partial charge in [0.1, 0.15) is 10.6 Å². The number of methoxy groups -OCH3 is 1. The highest BCUT2D eigenvalue weighted by molar-refractivity contribution is 7.15. The van der Waals surface area contributed by atoms with Crippen molar-refractivity contribution < 1.29 is 24.2 Å². The first-order valence-electron chi connectivity index (χ1n) is 9.29. The van der Waals surface area contributed by atoms with Crippen LogP contribution in [-0.4, -0.2) is 30.1 Å². The molecule has 2 aromatic rings. The smallest absolute Gasteiger partial charge is 0.341 e. The Balaban J connectivity index is 1.95. The lowest BCUT2D eigenvalue weighted by molar-refractivity contribution is -0.146. The fourth-order valence-corrected chi connectivity index (χ4v) is 4.42. The number of anilines is 1. The van der Waals surface area contributed by atoms with Crippen molar-refractivity contribution in [1.82, 2.24) is 0 Å². The Morgan fingerprint density at radius 2 is 1.79 bits per heavy atom. The summed E-state index contributed by atoms with van der Waals surface area (Å²) in [5.41, 5.74) is 4.05. The largest absolute Gasteiger partial charge is 0.481 e. The zero-order chi connectivity index (χ0) is 21.1. The predicted molar refractivity (Wildman–Crippen MR) is 112 cm³/mol. The average Bonchev–Trinajstić information content (AvgIpc) is 3.12. The van der Waals surface area contributed by atoms with Crippen LogP contribution >= 0.6 is 11.3 Å². The summed E-state index contributed by atoms with van der Waals surface area (Å²) < 4.78 is 4.95. The van der Waals surface area contributed by atoms with Crippen LogP contribution in [-0.2, 0) is 14.3 Å². The third-order valence-corrected chi connectivity index (χ3v) is 6.22. The molecule has 29 heavy (non-hydrogen) atoms. The number of hydrogen-bond acceptors (Lipinski definition) is 5. The molecular formula is C22H23NO5S. The SMILES string of the molecule is COC(=O)c1c(-c2ccc(C)c(C)c2)csc1NC(=O)[C@@H]1CC=CC[C@H]1C(=O)O. The first kappa shape index (κ1) is 20.8. The van der Waals surface area contributed by atoms with Crippen molar-refractivity contribution >= 4 is 34.2 Å². The van der Waals surface area contributed by atoms with Crippen molar-refractivity contribution in [3.05, 3.63) is 52.4 Å². The van der Waals surface area contributed by atoms with Crippen molar-refractivity contribution in [3.63, 3.8) is 0 Å². The van der Waals surface area contributed by atoms with Gasteiger partial charge in [0.25, 0.3) is 0 Å². The van der Waals surface area contributed by atoms with E-state index in [1.165, 1.54) is 18.4 Å². The number of thiophene rings is 1. The normalized spacial score (nSPS) is 18.3. The van der Waals surface area contributed by atoms with E-state index in [1.54, 1.807) is 11.5 Å². The lowest BCUT2D eigenvalue weighted by atomic mass is 9.82. The number of carboxylic acid groups (broad SMARTS) is 1. The van der Waals surface area contributed by atoms with Crippen LogP contribution in [0.5, 0.6) is 0 Å². The van der Waals surface area contributed by atoms with Gasteiger partial charge in [0.15, 0.2) is 0 Å². The fraction of sp³-hybridized carbons (Fsp3) is 0.318. The number of carboxylic acids is 1. The number of esters is 1. The fourth-order valence-electron chi connectivity index (χ4n) is 3.46. The highest BCUT2D eigenvalue weighted by atomic mass is 32.1. The van der Waals surface area contributed by atoms with E-state index in [0.29, 0.717) is 23.4 Å². The Kier molecular flexibility index (Phi) is 6.17. The quantitative estimate of drug-likeness (QED) is 0.559. The first-order valence-corrected chi connectivity index (χ1v) is 10.2. The van der Waals surface area contributed by atoms with Crippen LogP contribution < -0.4 is 5.32 Å². The summed E-state index contributed by atoms with van der Waals surface area (Å²) in [7, 11) is 1.29. The van der Waals surface area contributed by atoms with Crippen molar-refractivity contribution in [2.45, 2.75) is 26.7 Å². The molecule has 0 spiro atoms. The number of nitrogens with one attached hydrogen (secondary N) is 1. The number of aliphatic carboxylic acids is 1. The Labute approximate surface area is 173 Å². The molecule has 1 aromatic heterocycles. The van der Waals surface area contributed by atoms with Crippen LogP contribution in [0.1, 0.15) is 34.3 Å². The minimum absolute atomic E-state index is 0.285. The maximum absolute atomic E-state index is 12.8. The first-order chi connectivity index (χ1) is 13.8. The zero-order valence-electron chi connectivity index (χ0n) is 16.5. The number of amides is 1. The predicted octanol–water partition coefficient (Wildman–Crippen LogP) is 4.42. The lowest BCUT2D eigenvalue weighted by Crippen LogP contribution is -2.34. The number of carbonyl (C=O) groups excluding carboxylic acids is 2. The Hall–Kier alpha value is -2.93. The van der Waals surface area contributed by atoms with E-state index in [2.05, 4.69) is 5.32 Å². The van der Waals surface area contributed by atoms with Crippen LogP contribution in [0.15, 0.2) is 35.7 Å². The van der Waals surface area contributed by atoms with Crippen molar-refractivity contribution in [1.29, 1.82) is 0 Å². The third-order valence-electron chi connectivity index (χ3n) is 5.32. The summed E-state index contributed by atoms with van der Waals surface area (Å²) in [5.74, 6) is -3.41. The number of carbonyl (C=O) groups is 3. The molecule has 1 amide bonds. The van der Waals surface area contributed by atoms with Crippen LogP contribution in [0.3, 0.4) is 0 Å². The molecule has 6 nitrogen and oxygen atoms in total. The Morgan fingerprint density at radius 3 is 2.41 bits per heavy atom. The Morgan fingerprint density at radius 1 is 1.10 bits per heavy atom. The molecule has 0 unspecified atom stereocenters. The summed E-state index contributed by atoms with van der Waals surface area (Å²) in [6.45, 7) is 4.01. The number of allylic oxidation sites excluding steroid dienone is 2. The molecule has 0 radical (unpaired) electrons. The van der Waals surface area contributed by atoms with Crippen molar-refractivity contribution in [3.8, 4) is 11.1 Å². The summed E-state index contributed by atoms with van der Waals surface area (Å²) in [4.78, 5) is 36.8. The van der Waals surface area contributed by atoms with E-state index in [1.807, 2.05) is 38.1 Å². The summed E-state index contributed by atoms with van der Waals surface area (Å²) in [6.07, 6.45) is 4.27. The van der Waals surface area contributed by atoms with Crippen LogP contribution in [0.2, 0.25) is 0 Å². The molecular weight excluding hydrogens is 390 g/mol. The molecule has 1 heterocycles. The van der Waals surface area contributed by atoms with Gasteiger partial charge < -0.3 is 15.2 Å². The molecule has 1 aliphatic carbocycles. The second-order valence-corrected chi connectivity index (χ2v) is 8.01. The van der Waals surface area contributed by atoms with Gasteiger partial charge in [-0.2, -0.15) is 0 Å². The van der Waals surface area contributed by atoms with E-state index >= 15 is 0 Å². The average molecular weight is 413 g/mol. The van der Waals surface area contributed by atoms with E-state index in [9.17, 15) is 19.5 Å². The van der Waals surface area contributed by atoms with Crippen molar-refractivity contribution in [2.75, 3.05) is 12.4 Å². The van der Waals surface area contributed by atoms with Gasteiger partial charge in [0, 0.05) is 10.9 Å². The van der Waals surface area contributed by atoms with Gasteiger partial charge in [-0.1, -0.05) is 30.4 Å². The molecule has 0 aliphatic heterocycles. The van der Waals surface area contributed by atoms with E-state index in [0.717, 1.165) is 16.7 Å². The van der Waals surface area contributed by atoms with Gasteiger partial charge in [-0.3, -0.25) is 9.59 Å². The van der Waals surface area contributed by atoms with Gasteiger partial charge in [-0.25, -0.2) is 4.79 Å². The third kappa shape index (κ3) is 4.24. The molecule has 7 heteroatoms. The van der Waals surface area contributed by atoms with Crippen LogP contribution in [0, 0.1) is 25.7 Å². The van der Waals surface area contributed by atoms with Crippen LogP contribution in [0.4, 0.5) is 5.00 Å². The number of aryl methyl sites for hydroxylation is 2. The number of ether oxygens (including phenoxy) is 1. The van der Waals surface area contributed by atoms with Gasteiger partial charge in [0.05, 0.1) is 18.9 Å². The molecule has 2 atom stereocenters. The molecule has 1 aliphatic rings. The number of benzene rings is 1. The monoisotopic (exact) mass is 413 g/mol. The molecule has 2 N–H and O–H groups in total. The maximum Gasteiger partial charge on any atom is 0.341 e. The minimum atomic E-state index is -0.996. The number of hydrogen-bond donors (Lipinski definition) is 2. The van der Waals surface area contributed by atoms with Crippen molar-refractivity contribution in [2.24, 2.45) is 11.8 Å². The van der Waals surface area contributed by atoms with Gasteiger partial charge in [-0.15, -0.1) is 11.3 Å². The van der Waals surface area contributed by atoms with Gasteiger partial charge >= 0.3 is 11.9 Å². The van der Waals surface area contributed by atoms with Gasteiger partial charge in [0.2, 0.25) is 5.91 Å². The summed E-state index contributed by atoms with van der Waals surface area (Å²) >= 11 is 1.23. The number of rotatable bonds is 5. The van der Waals surface area contributed by atoms with E-state index in [4.69, 9.17) is 4.74 Å². The second-order valence-electron chi connectivity index (χ2n) is 7.13. The molecule has 0 saturated carbocycles. The van der Waals surface area contributed by atoms with E-state index in [-0.39, 0.29) is 5.56 Å². The molecule has 0 saturated heterocycles. The molecule has 0 fully saturated rings. The topological polar surface area (TPSA) is 92.7 Å². The molecule has 152 valence electrons. The standard InChI is InChI=1S/C22H23NO5S/c1-12-8-9-14(10-13(12)2)17-11-29-20(18(17)22(27)28-3)23-19(24)15-6-4-5-7-16(15)21(25)26/h4-5,8-11,15-16H,6-7H2,1-3H3,(H,23,24)(H,25,26)/t15-,16-/m1/s1. The second kappa shape index (κ2) is 8.61.